The Balaban J connectivity index is 1.79. The number of nitrogens with zero attached hydrogens (tertiary/aromatic N) is 1. The van der Waals surface area contributed by atoms with Crippen LogP contribution in [-0.2, 0) is 6.42 Å². The monoisotopic (exact) mass is 381 g/mol. The molecular formula is C25H35NO2. The summed E-state index contributed by atoms with van der Waals surface area (Å²) < 4.78 is 0. The Morgan fingerprint density at radius 3 is 2.00 bits per heavy atom. The molecule has 2 aromatic carbocycles. The van der Waals surface area contributed by atoms with Crippen molar-refractivity contribution in [3.8, 4) is 5.75 Å². The van der Waals surface area contributed by atoms with Gasteiger partial charge in [-0.2, -0.15) is 0 Å². The summed E-state index contributed by atoms with van der Waals surface area (Å²) in [6, 6.07) is 15.1. The molecule has 0 aliphatic rings. The maximum atomic E-state index is 10.3. The van der Waals surface area contributed by atoms with Gasteiger partial charge >= 0.3 is 0 Å². The lowest BCUT2D eigenvalue weighted by Crippen LogP contribution is -2.04. The Labute approximate surface area is 170 Å². The fraction of sp³-hybridized carbons (Fsp3) is 0.480. The Morgan fingerprint density at radius 2 is 1.39 bits per heavy atom. The first-order valence-electron chi connectivity index (χ1n) is 10.9. The molecule has 0 atom stereocenters. The Bertz CT molecular complexity index is 710. The van der Waals surface area contributed by atoms with E-state index >= 15 is 0 Å². The highest BCUT2D eigenvalue weighted by molar-refractivity contribution is 6.14. The first-order valence-corrected chi connectivity index (χ1v) is 10.9. The summed E-state index contributed by atoms with van der Waals surface area (Å²) in [6.45, 7) is 2.26. The number of phenolic OH excluding ortho intramolecular Hbond substituents is 1. The quantitative estimate of drug-likeness (QED) is 0.168. The van der Waals surface area contributed by atoms with Gasteiger partial charge in [-0.25, -0.2) is 0 Å². The molecule has 0 saturated carbocycles. The van der Waals surface area contributed by atoms with Crippen molar-refractivity contribution in [3.05, 3.63) is 65.2 Å². The van der Waals surface area contributed by atoms with Crippen LogP contribution in [0.15, 0.2) is 53.7 Å². The van der Waals surface area contributed by atoms with Crippen molar-refractivity contribution < 1.29 is 10.3 Å². The molecule has 0 aliphatic carbocycles. The van der Waals surface area contributed by atoms with Crippen molar-refractivity contribution in [2.75, 3.05) is 0 Å². The van der Waals surface area contributed by atoms with E-state index in [4.69, 9.17) is 0 Å². The van der Waals surface area contributed by atoms with Gasteiger partial charge < -0.3 is 10.3 Å². The van der Waals surface area contributed by atoms with Crippen molar-refractivity contribution >= 4 is 5.71 Å². The predicted octanol–water partition coefficient (Wildman–Crippen LogP) is 7.08. The van der Waals surface area contributed by atoms with Crippen LogP contribution in [0.5, 0.6) is 5.75 Å². The Kier molecular flexibility index (Phi) is 10.2. The average Bonchev–Trinajstić information content (AvgIpc) is 2.73. The molecule has 2 N–H and O–H groups in total. The van der Waals surface area contributed by atoms with Gasteiger partial charge in [0.25, 0.3) is 0 Å². The maximum absolute atomic E-state index is 10.3. The zero-order valence-electron chi connectivity index (χ0n) is 17.2. The molecule has 2 aromatic rings. The van der Waals surface area contributed by atoms with Crippen molar-refractivity contribution in [1.82, 2.24) is 0 Å². The smallest absolute Gasteiger partial charge is 0.125 e. The Hall–Kier alpha value is -2.29. The minimum Gasteiger partial charge on any atom is -0.507 e. The van der Waals surface area contributed by atoms with Crippen LogP contribution in [0.3, 0.4) is 0 Å². The molecule has 3 nitrogen and oxygen atoms in total. The second-order valence-electron chi connectivity index (χ2n) is 7.60. The van der Waals surface area contributed by atoms with Gasteiger partial charge in [-0.05, 0) is 30.5 Å². The lowest BCUT2D eigenvalue weighted by atomic mass is 9.97. The van der Waals surface area contributed by atoms with Crippen molar-refractivity contribution in [2.24, 2.45) is 5.16 Å². The standard InChI is InChI=1S/C25H35NO2/c1-2-3-4-5-6-7-8-9-10-12-15-21-18-19-24(27)23(20-21)25(26-28)22-16-13-11-14-17-22/h11,13-14,16-20,27-28H,2-10,12,15H2,1H3/b26-25-. The normalized spacial score (nSPS) is 11.7. The molecule has 0 aromatic heterocycles. The number of rotatable bonds is 13. The minimum absolute atomic E-state index is 0.142. The minimum atomic E-state index is 0.142. The van der Waals surface area contributed by atoms with E-state index in [0.717, 1.165) is 18.4 Å². The highest BCUT2D eigenvalue weighted by atomic mass is 16.4. The topological polar surface area (TPSA) is 52.8 Å². The molecule has 0 spiro atoms. The van der Waals surface area contributed by atoms with E-state index in [1.165, 1.54) is 63.4 Å². The van der Waals surface area contributed by atoms with E-state index in [0.29, 0.717) is 11.3 Å². The molecule has 0 amide bonds. The number of aromatic hydroxyl groups is 1. The van der Waals surface area contributed by atoms with Gasteiger partial charge in [0.15, 0.2) is 0 Å². The largest absolute Gasteiger partial charge is 0.507 e. The fourth-order valence-electron chi connectivity index (χ4n) is 3.61. The second-order valence-corrected chi connectivity index (χ2v) is 7.60. The SMILES string of the molecule is CCCCCCCCCCCCc1ccc(O)c(/C(=N\O)c2ccccc2)c1. The van der Waals surface area contributed by atoms with E-state index in [2.05, 4.69) is 12.1 Å². The summed E-state index contributed by atoms with van der Waals surface area (Å²) in [4.78, 5) is 0. The van der Waals surface area contributed by atoms with Crippen LogP contribution < -0.4 is 0 Å². The molecule has 0 saturated heterocycles. The van der Waals surface area contributed by atoms with E-state index in [1.807, 2.05) is 42.5 Å². The van der Waals surface area contributed by atoms with E-state index in [9.17, 15) is 10.3 Å². The van der Waals surface area contributed by atoms with Crippen LogP contribution in [0.25, 0.3) is 0 Å². The van der Waals surface area contributed by atoms with Gasteiger partial charge in [0.1, 0.15) is 11.5 Å². The fourth-order valence-corrected chi connectivity index (χ4v) is 3.61. The van der Waals surface area contributed by atoms with Gasteiger partial charge in [-0.3, -0.25) is 0 Å². The number of hydrogen-bond acceptors (Lipinski definition) is 3. The first-order chi connectivity index (χ1) is 13.8. The molecule has 0 aliphatic heterocycles. The first kappa shape index (κ1) is 22.0. The lowest BCUT2D eigenvalue weighted by Gasteiger charge is -2.10. The summed E-state index contributed by atoms with van der Waals surface area (Å²) in [6.07, 6.45) is 14.2. The number of phenols is 1. The summed E-state index contributed by atoms with van der Waals surface area (Å²) in [5.74, 6) is 0.142. The highest BCUT2D eigenvalue weighted by Crippen LogP contribution is 2.24. The second kappa shape index (κ2) is 13.0. The van der Waals surface area contributed by atoms with Crippen LogP contribution in [-0.4, -0.2) is 16.0 Å². The van der Waals surface area contributed by atoms with E-state index in [1.54, 1.807) is 6.07 Å². The molecule has 0 bridgehead atoms. The molecule has 152 valence electrons. The number of hydrogen-bond donors (Lipinski definition) is 2. The molecule has 0 radical (unpaired) electrons. The number of oxime groups is 1. The van der Waals surface area contributed by atoms with Gasteiger partial charge in [0.05, 0.1) is 0 Å². The average molecular weight is 382 g/mol. The van der Waals surface area contributed by atoms with E-state index < -0.39 is 0 Å². The summed E-state index contributed by atoms with van der Waals surface area (Å²) in [5, 5.41) is 23.2. The molecule has 0 heterocycles. The number of unbranched alkanes of at least 4 members (excludes halogenated alkanes) is 9. The molecule has 0 unspecified atom stereocenters. The zero-order chi connectivity index (χ0) is 20.0. The lowest BCUT2D eigenvalue weighted by molar-refractivity contribution is 0.319. The van der Waals surface area contributed by atoms with Gasteiger partial charge in [0, 0.05) is 11.1 Å². The third kappa shape index (κ3) is 7.38. The molecule has 0 fully saturated rings. The summed E-state index contributed by atoms with van der Waals surface area (Å²) >= 11 is 0. The highest BCUT2D eigenvalue weighted by Gasteiger charge is 2.13. The van der Waals surface area contributed by atoms with Gasteiger partial charge in [-0.1, -0.05) is 106 Å². The van der Waals surface area contributed by atoms with Crippen LogP contribution in [0.1, 0.15) is 87.8 Å². The number of aryl methyl sites for hydroxylation is 1. The van der Waals surface area contributed by atoms with Crippen LogP contribution >= 0.6 is 0 Å². The summed E-state index contributed by atoms with van der Waals surface area (Å²) in [5.41, 5.74) is 2.95. The predicted molar refractivity (Wildman–Crippen MR) is 118 cm³/mol. The van der Waals surface area contributed by atoms with Crippen molar-refractivity contribution in [2.45, 2.75) is 77.6 Å². The summed E-state index contributed by atoms with van der Waals surface area (Å²) in [7, 11) is 0. The third-order valence-electron chi connectivity index (χ3n) is 5.28. The van der Waals surface area contributed by atoms with Crippen molar-refractivity contribution in [1.29, 1.82) is 0 Å². The molecule has 3 heteroatoms. The van der Waals surface area contributed by atoms with Crippen LogP contribution in [0.4, 0.5) is 0 Å². The van der Waals surface area contributed by atoms with Crippen LogP contribution in [0.2, 0.25) is 0 Å². The maximum Gasteiger partial charge on any atom is 0.125 e. The molecule has 2 rings (SSSR count). The molecule has 28 heavy (non-hydrogen) atoms. The Morgan fingerprint density at radius 1 is 0.786 bits per heavy atom. The van der Waals surface area contributed by atoms with E-state index in [-0.39, 0.29) is 5.75 Å². The van der Waals surface area contributed by atoms with Gasteiger partial charge in [0.2, 0.25) is 0 Å². The van der Waals surface area contributed by atoms with Crippen LogP contribution in [0, 0.1) is 0 Å². The number of benzene rings is 2. The van der Waals surface area contributed by atoms with Gasteiger partial charge in [-0.15, -0.1) is 0 Å². The third-order valence-corrected chi connectivity index (χ3v) is 5.28. The molecular weight excluding hydrogens is 346 g/mol. The van der Waals surface area contributed by atoms with Crippen molar-refractivity contribution in [3.63, 3.8) is 0 Å². The zero-order valence-corrected chi connectivity index (χ0v) is 17.2.